The molecule has 2 aromatic carbocycles. The molecule has 0 aliphatic heterocycles. The minimum Gasteiger partial charge on any atom is -0.494 e. The summed E-state index contributed by atoms with van der Waals surface area (Å²) in [4.78, 5) is 9.20. The monoisotopic (exact) mass is 384 g/mol. The third-order valence-corrected chi connectivity index (χ3v) is 5.61. The number of ether oxygens (including phenoxy) is 1. The Kier molecular flexibility index (Phi) is 4.07. The number of nitrogens with zero attached hydrogens (tertiary/aromatic N) is 3. The summed E-state index contributed by atoms with van der Waals surface area (Å²) in [5.41, 5.74) is 3.04. The van der Waals surface area contributed by atoms with Crippen LogP contribution in [-0.4, -0.2) is 32.1 Å². The summed E-state index contributed by atoms with van der Waals surface area (Å²) in [5.74, 6) is -0.306. The van der Waals surface area contributed by atoms with Crippen LogP contribution >= 0.6 is 0 Å². The maximum atomic E-state index is 14.2. The van der Waals surface area contributed by atoms with Crippen molar-refractivity contribution in [2.45, 2.75) is 11.4 Å². The number of pyridine rings is 1. The maximum Gasteiger partial charge on any atom is 0.165 e. The van der Waals surface area contributed by atoms with Crippen LogP contribution in [0.3, 0.4) is 0 Å². The third kappa shape index (κ3) is 3.12. The summed E-state index contributed by atoms with van der Waals surface area (Å²) in [6, 6.07) is 10.1. The number of fused-ring (bicyclic) bond motifs is 3. The number of methoxy groups -OCH3 is 1. The molecule has 0 saturated heterocycles. The lowest BCUT2D eigenvalue weighted by atomic mass is 10.1. The zero-order chi connectivity index (χ0) is 19.2. The number of hydrogen-bond donors (Lipinski definition) is 1. The van der Waals surface area contributed by atoms with Crippen LogP contribution in [0, 0.1) is 10.6 Å². The van der Waals surface area contributed by atoms with E-state index in [1.54, 1.807) is 30.7 Å². The highest BCUT2D eigenvalue weighted by Gasteiger charge is 2.13. The number of nitrogens with one attached hydrogen (secondary N) is 1. The fourth-order valence-corrected chi connectivity index (χ4v) is 3.74. The predicted octanol–water partition coefficient (Wildman–Crippen LogP) is 3.82. The fourth-order valence-electron chi connectivity index (χ4n) is 3.08. The Balaban J connectivity index is 1.81. The summed E-state index contributed by atoms with van der Waals surface area (Å²) < 4.78 is 40.7. The molecule has 27 heavy (non-hydrogen) atoms. The maximum absolute atomic E-state index is 14.2. The van der Waals surface area contributed by atoms with Crippen molar-refractivity contribution in [2.75, 3.05) is 13.4 Å². The first-order valence-electron chi connectivity index (χ1n) is 8.16. The summed E-state index contributed by atoms with van der Waals surface area (Å²) in [7, 11) is -1.32. The van der Waals surface area contributed by atoms with Crippen LogP contribution < -0.4 is 4.74 Å². The van der Waals surface area contributed by atoms with Crippen LogP contribution in [-0.2, 0) is 16.3 Å². The molecule has 1 N–H and O–H groups in total. The Morgan fingerprint density at radius 1 is 1.19 bits per heavy atom. The van der Waals surface area contributed by atoms with Crippen LogP contribution in [0.5, 0.6) is 5.75 Å². The summed E-state index contributed by atoms with van der Waals surface area (Å²) >= 11 is 0. The van der Waals surface area contributed by atoms with Crippen molar-refractivity contribution in [3.8, 4) is 5.75 Å². The highest BCUT2D eigenvalue weighted by molar-refractivity contribution is 7.91. The van der Waals surface area contributed by atoms with E-state index in [9.17, 15) is 8.60 Å². The first-order valence-corrected chi connectivity index (χ1v) is 10.1. The first-order chi connectivity index (χ1) is 12.9. The molecule has 1 atom stereocenters. The Morgan fingerprint density at radius 2 is 1.93 bits per heavy atom. The molecule has 4 rings (SSSR count). The van der Waals surface area contributed by atoms with Crippen molar-refractivity contribution < 1.29 is 13.3 Å². The third-order valence-electron chi connectivity index (χ3n) is 4.44. The lowest BCUT2D eigenvalue weighted by Crippen LogP contribution is -2.00. The molecule has 8 heteroatoms. The average molecular weight is 384 g/mol. The SMILES string of the molecule is COc1cc2ncc3ncn(Cc4ccc(S(C)(=N)=O)cc4)c3c2cc1F. The van der Waals surface area contributed by atoms with Crippen LogP contribution in [0.2, 0.25) is 0 Å². The zero-order valence-corrected chi connectivity index (χ0v) is 15.6. The van der Waals surface area contributed by atoms with Gasteiger partial charge in [-0.05, 0) is 23.8 Å². The van der Waals surface area contributed by atoms with Crippen molar-refractivity contribution >= 4 is 31.7 Å². The number of aromatic nitrogens is 3. The molecular weight excluding hydrogens is 367 g/mol. The lowest BCUT2D eigenvalue weighted by Gasteiger charge is -2.09. The standard InChI is InChI=1S/C19H17FN4O2S/c1-26-18-8-16-14(7-15(18)20)19-17(9-22-16)23-11-24(19)10-12-3-5-13(6-4-12)27(2,21)25/h3-9,11,21H,10H2,1-2H3. The fraction of sp³-hybridized carbons (Fsp3) is 0.158. The number of rotatable bonds is 4. The number of halogens is 1. The molecule has 0 saturated carbocycles. The van der Waals surface area contributed by atoms with Gasteiger partial charge >= 0.3 is 0 Å². The molecule has 1 unspecified atom stereocenters. The van der Waals surface area contributed by atoms with Crippen LogP contribution in [0.4, 0.5) is 4.39 Å². The Hall–Kier alpha value is -3.00. The average Bonchev–Trinajstić information content (AvgIpc) is 3.04. The van der Waals surface area contributed by atoms with Crippen LogP contribution in [0.1, 0.15) is 5.56 Å². The topological polar surface area (TPSA) is 80.9 Å². The highest BCUT2D eigenvalue weighted by Crippen LogP contribution is 2.29. The molecule has 0 radical (unpaired) electrons. The Labute approximate surface area is 155 Å². The van der Waals surface area contributed by atoms with Gasteiger partial charge < -0.3 is 9.30 Å². The summed E-state index contributed by atoms with van der Waals surface area (Å²) in [5, 5.41) is 0.655. The second kappa shape index (κ2) is 6.31. The van der Waals surface area contributed by atoms with Crippen LogP contribution in [0.25, 0.3) is 21.9 Å². The molecule has 0 aliphatic carbocycles. The van der Waals surface area contributed by atoms with Crippen molar-refractivity contribution in [2.24, 2.45) is 0 Å². The van der Waals surface area contributed by atoms with Gasteiger partial charge in [0.05, 0.1) is 40.4 Å². The quantitative estimate of drug-likeness (QED) is 0.580. The van der Waals surface area contributed by atoms with E-state index in [4.69, 9.17) is 9.52 Å². The second-order valence-electron chi connectivity index (χ2n) is 6.36. The van der Waals surface area contributed by atoms with Gasteiger partial charge in [0.15, 0.2) is 11.6 Å². The van der Waals surface area contributed by atoms with Gasteiger partial charge in [-0.3, -0.25) is 4.98 Å². The van der Waals surface area contributed by atoms with Crippen molar-refractivity contribution in [3.63, 3.8) is 0 Å². The molecule has 2 heterocycles. The molecule has 0 spiro atoms. The van der Waals surface area contributed by atoms with E-state index in [2.05, 4.69) is 9.97 Å². The molecule has 2 aromatic heterocycles. The van der Waals surface area contributed by atoms with Crippen molar-refractivity contribution in [1.29, 1.82) is 4.78 Å². The molecule has 4 aromatic rings. The van der Waals surface area contributed by atoms with Gasteiger partial charge in [-0.25, -0.2) is 18.4 Å². The smallest absolute Gasteiger partial charge is 0.165 e. The van der Waals surface area contributed by atoms with E-state index in [0.717, 1.165) is 11.1 Å². The zero-order valence-electron chi connectivity index (χ0n) is 14.8. The van der Waals surface area contributed by atoms with Crippen LogP contribution in [0.15, 0.2) is 53.8 Å². The molecular formula is C19H17FN4O2S. The van der Waals surface area contributed by atoms with Gasteiger partial charge in [0, 0.05) is 29.1 Å². The second-order valence-corrected chi connectivity index (χ2v) is 8.51. The number of hydrogen-bond acceptors (Lipinski definition) is 5. The Bertz CT molecular complexity index is 1260. The first kappa shape index (κ1) is 17.4. The number of benzene rings is 2. The van der Waals surface area contributed by atoms with Crippen molar-refractivity contribution in [3.05, 3.63) is 60.3 Å². The van der Waals surface area contributed by atoms with Gasteiger partial charge in [-0.1, -0.05) is 12.1 Å². The van der Waals surface area contributed by atoms with Gasteiger partial charge in [-0.2, -0.15) is 0 Å². The van der Waals surface area contributed by atoms with Gasteiger partial charge in [-0.15, -0.1) is 0 Å². The van der Waals surface area contributed by atoms with Gasteiger partial charge in [0.25, 0.3) is 0 Å². The Morgan fingerprint density at radius 3 is 2.59 bits per heavy atom. The summed E-state index contributed by atoms with van der Waals surface area (Å²) in [6.07, 6.45) is 4.74. The van der Waals surface area contributed by atoms with E-state index in [0.29, 0.717) is 27.9 Å². The molecule has 0 aliphatic rings. The van der Waals surface area contributed by atoms with E-state index in [-0.39, 0.29) is 5.75 Å². The van der Waals surface area contributed by atoms with Gasteiger partial charge in [0.2, 0.25) is 0 Å². The minimum absolute atomic E-state index is 0.148. The molecule has 138 valence electrons. The lowest BCUT2D eigenvalue weighted by molar-refractivity contribution is 0.387. The van der Waals surface area contributed by atoms with Crippen molar-refractivity contribution in [1.82, 2.24) is 14.5 Å². The highest BCUT2D eigenvalue weighted by atomic mass is 32.2. The van der Waals surface area contributed by atoms with Gasteiger partial charge in [0.1, 0.15) is 5.52 Å². The molecule has 0 amide bonds. The largest absolute Gasteiger partial charge is 0.494 e. The van der Waals surface area contributed by atoms with E-state index >= 15 is 0 Å². The molecule has 0 bridgehead atoms. The van der Waals surface area contributed by atoms with E-state index in [1.165, 1.54) is 19.4 Å². The minimum atomic E-state index is -2.74. The van der Waals surface area contributed by atoms with E-state index in [1.807, 2.05) is 16.7 Å². The molecule has 6 nitrogen and oxygen atoms in total. The summed E-state index contributed by atoms with van der Waals surface area (Å²) in [6.45, 7) is 0.506. The van der Waals surface area contributed by atoms with E-state index < -0.39 is 15.5 Å². The predicted molar refractivity (Wildman–Crippen MR) is 102 cm³/mol. The normalized spacial score (nSPS) is 13.7. The molecule has 0 fully saturated rings. The number of imidazole rings is 1.